The minimum atomic E-state index is -1.03. The summed E-state index contributed by atoms with van der Waals surface area (Å²) in [5.74, 6) is 0.159. The summed E-state index contributed by atoms with van der Waals surface area (Å²) in [6.45, 7) is 3.34. The number of rotatable bonds is 3. The van der Waals surface area contributed by atoms with E-state index in [-0.39, 0.29) is 0 Å². The zero-order valence-corrected chi connectivity index (χ0v) is 14.0. The van der Waals surface area contributed by atoms with Crippen LogP contribution in [0.2, 0.25) is 0 Å². The molecule has 2 N–H and O–H groups in total. The van der Waals surface area contributed by atoms with E-state index < -0.39 is 11.5 Å². The summed E-state index contributed by atoms with van der Waals surface area (Å²) in [7, 11) is 0. The van der Waals surface area contributed by atoms with Crippen molar-refractivity contribution in [3.8, 4) is 5.75 Å². The molecule has 0 bridgehead atoms. The SMILES string of the molecule is CC(C)(Oc1ccc2sc3c(Br)cccc3c2c1)C(N)=O. The second-order valence-corrected chi connectivity index (χ2v) is 7.26. The van der Waals surface area contributed by atoms with Crippen LogP contribution in [-0.4, -0.2) is 11.5 Å². The molecule has 1 heterocycles. The van der Waals surface area contributed by atoms with Crippen molar-refractivity contribution in [2.45, 2.75) is 19.4 Å². The van der Waals surface area contributed by atoms with Crippen LogP contribution in [0.3, 0.4) is 0 Å². The maximum absolute atomic E-state index is 11.4. The number of nitrogens with two attached hydrogens (primary N) is 1. The van der Waals surface area contributed by atoms with Gasteiger partial charge in [0.2, 0.25) is 0 Å². The predicted molar refractivity (Wildman–Crippen MR) is 90.9 cm³/mol. The van der Waals surface area contributed by atoms with Crippen molar-refractivity contribution in [1.82, 2.24) is 0 Å². The van der Waals surface area contributed by atoms with Gasteiger partial charge in [-0.25, -0.2) is 0 Å². The predicted octanol–water partition coefficient (Wildman–Crippen LogP) is 4.46. The number of thiophene rings is 1. The molecule has 0 aliphatic carbocycles. The van der Waals surface area contributed by atoms with Gasteiger partial charge in [0.15, 0.2) is 5.60 Å². The van der Waals surface area contributed by atoms with Crippen molar-refractivity contribution in [2.75, 3.05) is 0 Å². The van der Waals surface area contributed by atoms with Gasteiger partial charge >= 0.3 is 0 Å². The first-order chi connectivity index (χ1) is 9.88. The lowest BCUT2D eigenvalue weighted by atomic mass is 10.1. The van der Waals surface area contributed by atoms with Gasteiger partial charge in [-0.2, -0.15) is 0 Å². The summed E-state index contributed by atoms with van der Waals surface area (Å²) in [5.41, 5.74) is 4.33. The van der Waals surface area contributed by atoms with Gasteiger partial charge in [-0.05, 0) is 54.0 Å². The van der Waals surface area contributed by atoms with Crippen molar-refractivity contribution in [3.63, 3.8) is 0 Å². The van der Waals surface area contributed by atoms with Crippen LogP contribution in [0.1, 0.15) is 13.8 Å². The smallest absolute Gasteiger partial charge is 0.261 e. The van der Waals surface area contributed by atoms with Gasteiger partial charge in [0.25, 0.3) is 5.91 Å². The molecule has 0 radical (unpaired) electrons. The minimum absolute atomic E-state index is 0.486. The number of carbonyl (C=O) groups excluding carboxylic acids is 1. The third kappa shape index (κ3) is 2.51. The number of halogens is 1. The molecule has 1 amide bonds. The number of ether oxygens (including phenoxy) is 1. The molecular formula is C16H14BrNO2S. The molecule has 3 nitrogen and oxygen atoms in total. The van der Waals surface area contributed by atoms with E-state index in [9.17, 15) is 4.79 Å². The number of carbonyl (C=O) groups is 1. The van der Waals surface area contributed by atoms with Gasteiger partial charge in [-0.3, -0.25) is 4.79 Å². The van der Waals surface area contributed by atoms with Crippen molar-refractivity contribution < 1.29 is 9.53 Å². The third-order valence-electron chi connectivity index (χ3n) is 3.39. The lowest BCUT2D eigenvalue weighted by Crippen LogP contribution is -2.43. The van der Waals surface area contributed by atoms with E-state index in [0.29, 0.717) is 5.75 Å². The van der Waals surface area contributed by atoms with E-state index in [4.69, 9.17) is 10.5 Å². The molecule has 3 rings (SSSR count). The van der Waals surface area contributed by atoms with E-state index in [1.54, 1.807) is 25.2 Å². The van der Waals surface area contributed by atoms with Crippen LogP contribution < -0.4 is 10.5 Å². The molecule has 1 aromatic heterocycles. The normalized spacial score (nSPS) is 12.0. The minimum Gasteiger partial charge on any atom is -0.478 e. The fourth-order valence-corrected chi connectivity index (χ4v) is 3.85. The second kappa shape index (κ2) is 5.00. The molecule has 0 aliphatic heterocycles. The largest absolute Gasteiger partial charge is 0.478 e. The van der Waals surface area contributed by atoms with Gasteiger partial charge < -0.3 is 10.5 Å². The van der Waals surface area contributed by atoms with Gasteiger partial charge in [0, 0.05) is 24.6 Å². The summed E-state index contributed by atoms with van der Waals surface area (Å²) in [5, 5.41) is 2.29. The van der Waals surface area contributed by atoms with Crippen molar-refractivity contribution in [3.05, 3.63) is 40.9 Å². The van der Waals surface area contributed by atoms with Crippen LogP contribution in [0.15, 0.2) is 40.9 Å². The summed E-state index contributed by atoms with van der Waals surface area (Å²) in [4.78, 5) is 11.4. The van der Waals surface area contributed by atoms with Gasteiger partial charge in [-0.15, -0.1) is 11.3 Å². The molecule has 0 saturated carbocycles. The van der Waals surface area contributed by atoms with E-state index in [1.807, 2.05) is 30.3 Å². The molecule has 5 heteroatoms. The fourth-order valence-electron chi connectivity index (χ4n) is 2.15. The molecule has 0 saturated heterocycles. The van der Waals surface area contributed by atoms with Gasteiger partial charge in [-0.1, -0.05) is 12.1 Å². The fraction of sp³-hybridized carbons (Fsp3) is 0.188. The maximum Gasteiger partial charge on any atom is 0.261 e. The first kappa shape index (κ1) is 14.4. The van der Waals surface area contributed by atoms with E-state index >= 15 is 0 Å². The number of amides is 1. The Morgan fingerprint density at radius 2 is 2.00 bits per heavy atom. The van der Waals surface area contributed by atoms with E-state index in [1.165, 1.54) is 14.8 Å². The zero-order chi connectivity index (χ0) is 15.2. The zero-order valence-electron chi connectivity index (χ0n) is 11.6. The number of benzene rings is 2. The summed E-state index contributed by atoms with van der Waals surface area (Å²) in [6.07, 6.45) is 0. The highest BCUT2D eigenvalue weighted by molar-refractivity contribution is 9.10. The third-order valence-corrected chi connectivity index (χ3v) is 5.53. The Morgan fingerprint density at radius 1 is 1.24 bits per heavy atom. The quantitative estimate of drug-likeness (QED) is 0.746. The lowest BCUT2D eigenvalue weighted by molar-refractivity contribution is -0.130. The van der Waals surface area contributed by atoms with Crippen molar-refractivity contribution >= 4 is 53.3 Å². The Labute approximate surface area is 134 Å². The number of primary amides is 1. The average molecular weight is 364 g/mol. The van der Waals surface area contributed by atoms with E-state index in [2.05, 4.69) is 22.0 Å². The highest BCUT2D eigenvalue weighted by Crippen LogP contribution is 2.39. The second-order valence-electron chi connectivity index (χ2n) is 5.35. The Balaban J connectivity index is 2.14. The average Bonchev–Trinajstić information content (AvgIpc) is 2.78. The molecule has 0 unspecified atom stereocenters. The van der Waals surface area contributed by atoms with Crippen molar-refractivity contribution in [1.29, 1.82) is 0 Å². The molecule has 0 aliphatic rings. The molecular weight excluding hydrogens is 350 g/mol. The first-order valence-electron chi connectivity index (χ1n) is 6.48. The molecule has 0 spiro atoms. The maximum atomic E-state index is 11.4. The van der Waals surface area contributed by atoms with Crippen LogP contribution in [-0.2, 0) is 4.79 Å². The first-order valence-corrected chi connectivity index (χ1v) is 8.09. The topological polar surface area (TPSA) is 52.3 Å². The Kier molecular flexibility index (Phi) is 3.42. The van der Waals surface area contributed by atoms with Crippen LogP contribution >= 0.6 is 27.3 Å². The van der Waals surface area contributed by atoms with Crippen LogP contribution in [0.25, 0.3) is 20.2 Å². The lowest BCUT2D eigenvalue weighted by Gasteiger charge is -2.22. The Hall–Kier alpha value is -1.59. The molecule has 3 aromatic rings. The molecule has 0 fully saturated rings. The molecule has 0 atom stereocenters. The summed E-state index contributed by atoms with van der Waals surface area (Å²) in [6, 6.07) is 12.0. The number of fused-ring (bicyclic) bond motifs is 3. The summed E-state index contributed by atoms with van der Waals surface area (Å²) < 4.78 is 9.21. The molecule has 108 valence electrons. The summed E-state index contributed by atoms with van der Waals surface area (Å²) >= 11 is 5.31. The van der Waals surface area contributed by atoms with Crippen LogP contribution in [0.4, 0.5) is 0 Å². The molecule has 21 heavy (non-hydrogen) atoms. The standard InChI is InChI=1S/C16H14BrNO2S/c1-16(2,15(18)19)20-9-6-7-13-11(8-9)10-4-3-5-12(17)14(10)21-13/h3-8H,1-2H3,(H2,18,19). The Bertz CT molecular complexity index is 854. The van der Waals surface area contributed by atoms with Gasteiger partial charge in [0.1, 0.15) is 5.75 Å². The monoisotopic (exact) mass is 363 g/mol. The van der Waals surface area contributed by atoms with Gasteiger partial charge in [0.05, 0.1) is 0 Å². The highest BCUT2D eigenvalue weighted by Gasteiger charge is 2.27. The van der Waals surface area contributed by atoms with Crippen LogP contribution in [0.5, 0.6) is 5.75 Å². The van der Waals surface area contributed by atoms with Crippen LogP contribution in [0, 0.1) is 0 Å². The number of hydrogen-bond acceptors (Lipinski definition) is 3. The van der Waals surface area contributed by atoms with Crippen molar-refractivity contribution in [2.24, 2.45) is 5.73 Å². The molecule has 2 aromatic carbocycles. The number of hydrogen-bond donors (Lipinski definition) is 1. The Morgan fingerprint density at radius 3 is 2.71 bits per heavy atom. The van der Waals surface area contributed by atoms with E-state index in [0.717, 1.165) is 9.86 Å². The highest BCUT2D eigenvalue weighted by atomic mass is 79.9.